The molecule has 6 nitrogen and oxygen atoms in total. The Hall–Kier alpha value is -1.14. The van der Waals surface area contributed by atoms with E-state index < -0.39 is 17.8 Å². The number of hydrogen-bond donors (Lipinski definition) is 2. The molecule has 1 aliphatic heterocycles. The second-order valence-electron chi connectivity index (χ2n) is 4.23. The van der Waals surface area contributed by atoms with Crippen LogP contribution in [0.5, 0.6) is 0 Å². The molecule has 16 heavy (non-hydrogen) atoms. The van der Waals surface area contributed by atoms with Gasteiger partial charge in [-0.15, -0.1) is 0 Å². The normalized spacial score (nSPS) is 33.6. The van der Waals surface area contributed by atoms with E-state index in [0.717, 1.165) is 0 Å². The Bertz CT molecular complexity index is 306. The van der Waals surface area contributed by atoms with Crippen molar-refractivity contribution >= 4 is 11.9 Å². The van der Waals surface area contributed by atoms with E-state index in [2.05, 4.69) is 0 Å². The summed E-state index contributed by atoms with van der Waals surface area (Å²) in [5.74, 6) is -2.00. The van der Waals surface area contributed by atoms with Gasteiger partial charge < -0.3 is 19.8 Å². The molecular formula is C10H15NO5. The number of aliphatic carboxylic acids is 1. The summed E-state index contributed by atoms with van der Waals surface area (Å²) in [4.78, 5) is 24.2. The number of carbonyl (C=O) groups excluding carboxylic acids is 1. The molecule has 0 aromatic rings. The van der Waals surface area contributed by atoms with Crippen LogP contribution in [0.1, 0.15) is 6.42 Å². The number of carboxylic acids is 1. The van der Waals surface area contributed by atoms with Crippen molar-refractivity contribution in [2.75, 3.05) is 26.4 Å². The van der Waals surface area contributed by atoms with Crippen molar-refractivity contribution in [3.05, 3.63) is 0 Å². The van der Waals surface area contributed by atoms with Gasteiger partial charge in [-0.3, -0.25) is 9.59 Å². The number of amides is 1. The molecule has 3 atom stereocenters. The van der Waals surface area contributed by atoms with Gasteiger partial charge in [0.15, 0.2) is 0 Å². The molecule has 6 heteroatoms. The lowest BCUT2D eigenvalue weighted by Gasteiger charge is -2.34. The van der Waals surface area contributed by atoms with Crippen molar-refractivity contribution in [3.63, 3.8) is 0 Å². The maximum absolute atomic E-state index is 11.9. The maximum Gasteiger partial charge on any atom is 0.307 e. The highest BCUT2D eigenvalue weighted by molar-refractivity contribution is 5.89. The van der Waals surface area contributed by atoms with Crippen molar-refractivity contribution in [3.8, 4) is 0 Å². The summed E-state index contributed by atoms with van der Waals surface area (Å²) in [6.45, 7) is 1.07. The number of rotatable bonds is 3. The molecule has 0 bridgehead atoms. The van der Waals surface area contributed by atoms with Gasteiger partial charge in [-0.1, -0.05) is 0 Å². The Kier molecular flexibility index (Phi) is 3.11. The van der Waals surface area contributed by atoms with Crippen molar-refractivity contribution in [1.29, 1.82) is 0 Å². The smallest absolute Gasteiger partial charge is 0.307 e. The van der Waals surface area contributed by atoms with E-state index in [1.165, 1.54) is 0 Å². The Labute approximate surface area is 92.8 Å². The Balaban J connectivity index is 1.96. The number of carbonyl (C=O) groups is 2. The lowest BCUT2D eigenvalue weighted by atomic mass is 10.2. The first kappa shape index (κ1) is 11.3. The first-order valence-corrected chi connectivity index (χ1v) is 5.37. The van der Waals surface area contributed by atoms with Gasteiger partial charge in [0.05, 0.1) is 37.7 Å². The molecule has 1 aliphatic carbocycles. The van der Waals surface area contributed by atoms with Gasteiger partial charge >= 0.3 is 5.97 Å². The standard InChI is InChI=1S/C10H15NO5/c12-4-6-5-16-2-1-11(6)9(13)7-3-8(7)10(14)15/h6-8,12H,1-5H2,(H,14,15)/t6?,7-,8+/m1/s1. The SMILES string of the molecule is O=C(O)[C@H]1C[C@H]1C(=O)N1CCOCC1CO. The quantitative estimate of drug-likeness (QED) is 0.643. The zero-order valence-electron chi connectivity index (χ0n) is 8.83. The molecule has 1 amide bonds. The van der Waals surface area contributed by atoms with Crippen LogP contribution < -0.4 is 0 Å². The van der Waals surface area contributed by atoms with Gasteiger partial charge in [-0.05, 0) is 6.42 Å². The molecule has 2 N–H and O–H groups in total. The predicted molar refractivity (Wildman–Crippen MR) is 52.6 cm³/mol. The number of hydrogen-bond acceptors (Lipinski definition) is 4. The minimum Gasteiger partial charge on any atom is -0.481 e. The zero-order valence-corrected chi connectivity index (χ0v) is 8.83. The molecule has 2 fully saturated rings. The molecule has 0 aromatic carbocycles. The van der Waals surface area contributed by atoms with E-state index in [-0.39, 0.29) is 18.6 Å². The van der Waals surface area contributed by atoms with Crippen molar-refractivity contribution in [1.82, 2.24) is 4.90 Å². The van der Waals surface area contributed by atoms with E-state index in [4.69, 9.17) is 14.9 Å². The number of morpholine rings is 1. The average Bonchev–Trinajstić information content (AvgIpc) is 3.08. The number of aliphatic hydroxyl groups excluding tert-OH is 1. The summed E-state index contributed by atoms with van der Waals surface area (Å²) in [5.41, 5.74) is 0. The van der Waals surface area contributed by atoms with Crippen LogP contribution in [-0.4, -0.2) is 59.4 Å². The van der Waals surface area contributed by atoms with E-state index in [1.807, 2.05) is 0 Å². The zero-order chi connectivity index (χ0) is 11.7. The first-order chi connectivity index (χ1) is 7.65. The summed E-state index contributed by atoms with van der Waals surface area (Å²) >= 11 is 0. The first-order valence-electron chi connectivity index (χ1n) is 5.37. The summed E-state index contributed by atoms with van der Waals surface area (Å²) < 4.78 is 5.16. The largest absolute Gasteiger partial charge is 0.481 e. The molecule has 1 saturated heterocycles. The lowest BCUT2D eigenvalue weighted by molar-refractivity contribution is -0.146. The van der Waals surface area contributed by atoms with Crippen LogP contribution in [0, 0.1) is 11.8 Å². The van der Waals surface area contributed by atoms with Crippen LogP contribution in [0.4, 0.5) is 0 Å². The van der Waals surface area contributed by atoms with E-state index in [1.54, 1.807) is 4.90 Å². The van der Waals surface area contributed by atoms with Gasteiger partial charge in [-0.25, -0.2) is 0 Å². The molecule has 2 aliphatic rings. The van der Waals surface area contributed by atoms with Gasteiger partial charge in [0.2, 0.25) is 5.91 Å². The van der Waals surface area contributed by atoms with Crippen LogP contribution in [0.25, 0.3) is 0 Å². The second kappa shape index (κ2) is 4.39. The maximum atomic E-state index is 11.9. The third-order valence-corrected chi connectivity index (χ3v) is 3.15. The van der Waals surface area contributed by atoms with Crippen LogP contribution in [0.3, 0.4) is 0 Å². The van der Waals surface area contributed by atoms with E-state index >= 15 is 0 Å². The van der Waals surface area contributed by atoms with Crippen molar-refractivity contribution in [2.24, 2.45) is 11.8 Å². The topological polar surface area (TPSA) is 87.1 Å². The molecule has 90 valence electrons. The number of aliphatic hydroxyl groups is 1. The summed E-state index contributed by atoms with van der Waals surface area (Å²) in [6, 6.07) is -0.323. The predicted octanol–water partition coefficient (Wildman–Crippen LogP) is -1.07. The van der Waals surface area contributed by atoms with Crippen molar-refractivity contribution in [2.45, 2.75) is 12.5 Å². The highest BCUT2D eigenvalue weighted by atomic mass is 16.5. The summed E-state index contributed by atoms with van der Waals surface area (Å²) in [5, 5.41) is 17.8. The molecule has 1 saturated carbocycles. The fourth-order valence-corrected chi connectivity index (χ4v) is 2.05. The molecule has 0 spiro atoms. The van der Waals surface area contributed by atoms with Crippen LogP contribution in [0.2, 0.25) is 0 Å². The molecule has 0 aromatic heterocycles. The Morgan fingerprint density at radius 2 is 2.12 bits per heavy atom. The van der Waals surface area contributed by atoms with Crippen LogP contribution in [0.15, 0.2) is 0 Å². The number of ether oxygens (including phenoxy) is 1. The highest BCUT2D eigenvalue weighted by Gasteiger charge is 2.50. The summed E-state index contributed by atoms with van der Waals surface area (Å²) in [7, 11) is 0. The Morgan fingerprint density at radius 1 is 1.38 bits per heavy atom. The lowest BCUT2D eigenvalue weighted by Crippen LogP contribution is -2.51. The number of carboxylic acid groups (broad SMARTS) is 1. The third-order valence-electron chi connectivity index (χ3n) is 3.15. The molecular weight excluding hydrogens is 214 g/mol. The second-order valence-corrected chi connectivity index (χ2v) is 4.23. The van der Waals surface area contributed by atoms with Gasteiger partial charge in [0.1, 0.15) is 0 Å². The van der Waals surface area contributed by atoms with Crippen LogP contribution in [-0.2, 0) is 14.3 Å². The minimum atomic E-state index is -0.910. The van der Waals surface area contributed by atoms with E-state index in [9.17, 15) is 9.59 Å². The third kappa shape index (κ3) is 2.03. The average molecular weight is 229 g/mol. The van der Waals surface area contributed by atoms with Gasteiger partial charge in [-0.2, -0.15) is 0 Å². The molecule has 1 unspecified atom stereocenters. The molecule has 0 radical (unpaired) electrons. The van der Waals surface area contributed by atoms with Gasteiger partial charge in [0.25, 0.3) is 0 Å². The van der Waals surface area contributed by atoms with Gasteiger partial charge in [0, 0.05) is 6.54 Å². The summed E-state index contributed by atoms with van der Waals surface area (Å²) in [6.07, 6.45) is 0.420. The van der Waals surface area contributed by atoms with E-state index in [0.29, 0.717) is 26.2 Å². The fourth-order valence-electron chi connectivity index (χ4n) is 2.05. The highest BCUT2D eigenvalue weighted by Crippen LogP contribution is 2.40. The van der Waals surface area contributed by atoms with Crippen molar-refractivity contribution < 1.29 is 24.5 Å². The minimum absolute atomic E-state index is 0.143. The monoisotopic (exact) mass is 229 g/mol. The number of nitrogens with zero attached hydrogens (tertiary/aromatic N) is 1. The Morgan fingerprint density at radius 3 is 2.69 bits per heavy atom. The molecule has 1 heterocycles. The van der Waals surface area contributed by atoms with Crippen LogP contribution >= 0.6 is 0 Å². The fraction of sp³-hybridized carbons (Fsp3) is 0.800. The molecule has 2 rings (SSSR count).